The Morgan fingerprint density at radius 3 is 2.80 bits per heavy atom. The summed E-state index contributed by atoms with van der Waals surface area (Å²) in [7, 11) is 0. The predicted octanol–water partition coefficient (Wildman–Crippen LogP) is 4.84. The molecule has 0 saturated heterocycles. The lowest BCUT2D eigenvalue weighted by Gasteiger charge is -2.15. The van der Waals surface area contributed by atoms with Gasteiger partial charge >= 0.3 is 5.97 Å². The molecule has 8 nitrogen and oxygen atoms in total. The van der Waals surface area contributed by atoms with E-state index in [0.29, 0.717) is 48.9 Å². The minimum Gasteiger partial charge on any atom is -0.588 e. The van der Waals surface area contributed by atoms with Crippen LogP contribution in [0.4, 0.5) is 10.2 Å². The molecule has 35 heavy (non-hydrogen) atoms. The lowest BCUT2D eigenvalue weighted by atomic mass is 10.1. The lowest BCUT2D eigenvalue weighted by molar-refractivity contribution is -0.138. The number of aryl methyl sites for hydroxylation is 1. The van der Waals surface area contributed by atoms with Crippen molar-refractivity contribution in [3.8, 4) is 11.5 Å². The van der Waals surface area contributed by atoms with E-state index in [2.05, 4.69) is 15.0 Å². The van der Waals surface area contributed by atoms with Crippen LogP contribution in [0.15, 0.2) is 46.1 Å². The Hall–Kier alpha value is -2.12. The molecule has 2 aromatic carbocycles. The van der Waals surface area contributed by atoms with Crippen LogP contribution >= 0.6 is 34.5 Å². The molecule has 0 radical (unpaired) electrons. The number of nitrogens with two attached hydrogens (primary N) is 1. The number of carboxylic acid groups (broad SMARTS) is 1. The number of nitrogens with one attached hydrogen (secondary N) is 2. The molecular formula is C22H23Cl2FN4O4S2. The van der Waals surface area contributed by atoms with Crippen molar-refractivity contribution in [3.05, 3.63) is 62.6 Å². The monoisotopic (exact) mass is 560 g/mol. The highest BCUT2D eigenvalue weighted by molar-refractivity contribution is 7.92. The Labute approximate surface area is 218 Å². The van der Waals surface area contributed by atoms with Gasteiger partial charge < -0.3 is 25.4 Å². The first-order chi connectivity index (χ1) is 16.7. The lowest BCUT2D eigenvalue weighted by Crippen LogP contribution is -2.33. The summed E-state index contributed by atoms with van der Waals surface area (Å²) in [6, 6.07) is 6.51. The minimum atomic E-state index is -1.90. The highest BCUT2D eigenvalue weighted by atomic mass is 35.5. The molecule has 2 atom stereocenters. The van der Waals surface area contributed by atoms with Crippen LogP contribution < -0.4 is 20.5 Å². The summed E-state index contributed by atoms with van der Waals surface area (Å²) in [4.78, 5) is 14.6. The highest BCUT2D eigenvalue weighted by Crippen LogP contribution is 2.36. The van der Waals surface area contributed by atoms with Gasteiger partial charge in [-0.15, -0.1) is 11.3 Å². The quantitative estimate of drug-likeness (QED) is 0.172. The van der Waals surface area contributed by atoms with Gasteiger partial charge in [-0.2, -0.15) is 4.72 Å². The second-order valence-corrected chi connectivity index (χ2v) is 10.1. The van der Waals surface area contributed by atoms with Gasteiger partial charge in [0.05, 0.1) is 10.5 Å². The number of ether oxygens (including phenoxy) is 1. The Morgan fingerprint density at radius 2 is 2.09 bits per heavy atom. The van der Waals surface area contributed by atoms with Gasteiger partial charge in [0.25, 0.3) is 0 Å². The van der Waals surface area contributed by atoms with Crippen molar-refractivity contribution >= 4 is 57.7 Å². The number of thiazole rings is 1. The first kappa shape index (κ1) is 27.5. The first-order valence-corrected chi connectivity index (χ1v) is 13.3. The molecule has 188 valence electrons. The van der Waals surface area contributed by atoms with Crippen LogP contribution in [0.25, 0.3) is 0 Å². The van der Waals surface area contributed by atoms with Crippen LogP contribution in [0, 0.1) is 5.82 Å². The van der Waals surface area contributed by atoms with E-state index < -0.39 is 29.2 Å². The molecule has 0 saturated carbocycles. The molecule has 0 aliphatic rings. The van der Waals surface area contributed by atoms with E-state index in [-0.39, 0.29) is 15.7 Å². The van der Waals surface area contributed by atoms with Crippen LogP contribution in [-0.4, -0.2) is 39.7 Å². The zero-order valence-electron chi connectivity index (χ0n) is 18.3. The zero-order chi connectivity index (χ0) is 25.4. The number of hydrogen-bond acceptors (Lipinski definition) is 8. The number of rotatable bonds is 13. The fraction of sp³-hybridized carbons (Fsp3) is 0.273. The Kier molecular flexibility index (Phi) is 10.4. The molecule has 0 fully saturated rings. The second-order valence-electron chi connectivity index (χ2n) is 7.40. The molecule has 5 N–H and O–H groups in total. The average Bonchev–Trinajstić information content (AvgIpc) is 3.32. The largest absolute Gasteiger partial charge is 0.588 e. The van der Waals surface area contributed by atoms with Crippen molar-refractivity contribution in [1.82, 2.24) is 10.3 Å². The number of carbonyl (C=O) groups is 1. The van der Waals surface area contributed by atoms with Crippen molar-refractivity contribution in [2.45, 2.75) is 30.2 Å². The Bertz CT molecular complexity index is 1140. The van der Waals surface area contributed by atoms with E-state index in [1.807, 2.05) is 0 Å². The van der Waals surface area contributed by atoms with Crippen molar-refractivity contribution < 1.29 is 23.6 Å². The normalized spacial score (nSPS) is 12.8. The summed E-state index contributed by atoms with van der Waals surface area (Å²) in [6.45, 7) is 1.10. The molecule has 13 heteroatoms. The fourth-order valence-electron chi connectivity index (χ4n) is 3.01. The molecule has 0 bridgehead atoms. The second kappa shape index (κ2) is 13.3. The smallest absolute Gasteiger partial charge is 0.320 e. The summed E-state index contributed by atoms with van der Waals surface area (Å²) in [5.41, 5.74) is 7.83. The molecule has 0 aliphatic carbocycles. The summed E-state index contributed by atoms with van der Waals surface area (Å²) in [5.74, 6) is -0.877. The Balaban J connectivity index is 1.63. The number of benzene rings is 2. The van der Waals surface area contributed by atoms with E-state index in [1.54, 1.807) is 29.1 Å². The summed E-state index contributed by atoms with van der Waals surface area (Å²) >= 11 is 11.9. The molecular weight excluding hydrogens is 538 g/mol. The van der Waals surface area contributed by atoms with Crippen LogP contribution in [0.3, 0.4) is 0 Å². The number of hydrogen-bond donors (Lipinski definition) is 4. The van der Waals surface area contributed by atoms with E-state index in [0.717, 1.165) is 11.6 Å². The van der Waals surface area contributed by atoms with E-state index in [1.165, 1.54) is 17.4 Å². The maximum absolute atomic E-state index is 14.7. The zero-order valence-corrected chi connectivity index (χ0v) is 21.4. The number of halogens is 3. The summed E-state index contributed by atoms with van der Waals surface area (Å²) in [6.07, 6.45) is 1.62. The molecule has 2 unspecified atom stereocenters. The third-order valence-corrected chi connectivity index (χ3v) is 7.03. The van der Waals surface area contributed by atoms with Crippen molar-refractivity contribution in [3.63, 3.8) is 0 Å². The van der Waals surface area contributed by atoms with Crippen molar-refractivity contribution in [2.75, 3.05) is 17.8 Å². The van der Waals surface area contributed by atoms with E-state index in [4.69, 9.17) is 38.8 Å². The molecule has 0 aliphatic heterocycles. The SMILES string of the molecule is NC(CCNCCCc1cc(Cl)ccc1Oc1cc(F)c([S+]([O-])Nc2cscn2)cc1Cl)C(=O)O. The fourth-order valence-corrected chi connectivity index (χ4v) is 4.91. The maximum Gasteiger partial charge on any atom is 0.320 e. The standard InChI is InChI=1S/C22H23Cl2FN4O4S2/c23-14-3-4-18(13(8-14)2-1-6-27-7-5-17(26)22(30)31)33-19-10-16(25)20(9-15(19)24)35(32)29-21-11-34-12-28-21/h3-4,8-12,17,27,29H,1-2,5-7,26H2,(H,30,31). The molecule has 3 rings (SSSR count). The first-order valence-electron chi connectivity index (χ1n) is 10.5. The highest BCUT2D eigenvalue weighted by Gasteiger charge is 2.22. The third-order valence-electron chi connectivity index (χ3n) is 4.81. The molecule has 1 aromatic heterocycles. The van der Waals surface area contributed by atoms with Gasteiger partial charge in [-0.25, -0.2) is 9.37 Å². The minimum absolute atomic E-state index is 0.0722. The average molecular weight is 561 g/mol. The number of aromatic nitrogens is 1. The molecule has 0 amide bonds. The third kappa shape index (κ3) is 8.21. The van der Waals surface area contributed by atoms with Crippen molar-refractivity contribution in [2.24, 2.45) is 5.73 Å². The Morgan fingerprint density at radius 1 is 1.29 bits per heavy atom. The van der Waals surface area contributed by atoms with Crippen LogP contribution in [-0.2, 0) is 22.6 Å². The van der Waals surface area contributed by atoms with Crippen LogP contribution in [0.5, 0.6) is 11.5 Å². The summed E-state index contributed by atoms with van der Waals surface area (Å²) < 4.78 is 35.7. The number of anilines is 1. The van der Waals surface area contributed by atoms with Gasteiger partial charge in [0.2, 0.25) is 4.90 Å². The van der Waals surface area contributed by atoms with Crippen LogP contribution in [0.1, 0.15) is 18.4 Å². The van der Waals surface area contributed by atoms with Gasteiger partial charge in [0.15, 0.2) is 11.6 Å². The number of nitrogens with zero attached hydrogens (tertiary/aromatic N) is 1. The van der Waals surface area contributed by atoms with Gasteiger partial charge in [-0.3, -0.25) is 4.79 Å². The topological polar surface area (TPSA) is 133 Å². The van der Waals surface area contributed by atoms with Crippen LogP contribution in [0.2, 0.25) is 10.0 Å². The van der Waals surface area contributed by atoms with Gasteiger partial charge in [0.1, 0.15) is 28.9 Å². The summed E-state index contributed by atoms with van der Waals surface area (Å²) in [5, 5.41) is 14.2. The van der Waals surface area contributed by atoms with Gasteiger partial charge in [0, 0.05) is 22.5 Å². The number of carboxylic acids is 1. The molecule has 3 aromatic rings. The van der Waals surface area contributed by atoms with Gasteiger partial charge in [-0.05, 0) is 56.1 Å². The number of aliphatic carboxylic acids is 1. The predicted molar refractivity (Wildman–Crippen MR) is 136 cm³/mol. The van der Waals surface area contributed by atoms with E-state index >= 15 is 0 Å². The molecule has 0 spiro atoms. The molecule has 1 heterocycles. The van der Waals surface area contributed by atoms with Crippen molar-refractivity contribution in [1.29, 1.82) is 0 Å². The maximum atomic E-state index is 14.7. The van der Waals surface area contributed by atoms with E-state index in [9.17, 15) is 13.7 Å². The van der Waals surface area contributed by atoms with Gasteiger partial charge in [-0.1, -0.05) is 23.2 Å².